The first-order valence-electron chi connectivity index (χ1n) is 12.7. The second kappa shape index (κ2) is 10.2. The van der Waals surface area contributed by atoms with Gasteiger partial charge in [-0.05, 0) is 52.0 Å². The molecule has 1 aromatic carbocycles. The number of nitrogens with one attached hydrogen (secondary N) is 1. The molecule has 2 amide bonds. The molecule has 1 N–H and O–H groups in total. The van der Waals surface area contributed by atoms with Crippen LogP contribution in [0, 0.1) is 5.92 Å². The Morgan fingerprint density at radius 1 is 1.16 bits per heavy atom. The standard InChI is InChI=1S/C27H33N5O4S/c1-17(19-13-24(33)29-14-19)35-23-12-18(11-22-25(23)37-16-30-22)21-6-5-20(15-28-21)31-7-9-32(10-8-31)26(34)36-27(2,3)4/h5-6,11-12,15-17,19H,7-10,13-14H2,1-4H3,(H,29,33)/t17-,19-/m0/s1. The lowest BCUT2D eigenvalue weighted by atomic mass is 10.0. The summed E-state index contributed by atoms with van der Waals surface area (Å²) in [6.45, 7) is 11.0. The van der Waals surface area contributed by atoms with Gasteiger partial charge in [0, 0.05) is 50.6 Å². The maximum atomic E-state index is 12.4. The molecule has 0 aliphatic carbocycles. The third-order valence-electron chi connectivity index (χ3n) is 6.72. The van der Waals surface area contributed by atoms with E-state index in [9.17, 15) is 9.59 Å². The third-order valence-corrected chi connectivity index (χ3v) is 7.58. The van der Waals surface area contributed by atoms with E-state index >= 15 is 0 Å². The number of rotatable bonds is 5. The maximum Gasteiger partial charge on any atom is 0.410 e. The number of hydrogen-bond donors (Lipinski definition) is 1. The summed E-state index contributed by atoms with van der Waals surface area (Å²) < 4.78 is 12.8. The van der Waals surface area contributed by atoms with Gasteiger partial charge in [-0.25, -0.2) is 9.78 Å². The number of fused-ring (bicyclic) bond motifs is 1. The number of hydrogen-bond acceptors (Lipinski definition) is 8. The summed E-state index contributed by atoms with van der Waals surface area (Å²) in [4.78, 5) is 37.2. The number of nitrogens with zero attached hydrogens (tertiary/aromatic N) is 4. The van der Waals surface area contributed by atoms with Crippen molar-refractivity contribution >= 4 is 39.2 Å². The third kappa shape index (κ3) is 5.79. The molecule has 2 aliphatic rings. The molecule has 5 rings (SSSR count). The smallest absolute Gasteiger partial charge is 0.410 e. The van der Waals surface area contributed by atoms with Crippen LogP contribution in [0.25, 0.3) is 21.5 Å². The lowest BCUT2D eigenvalue weighted by molar-refractivity contribution is -0.119. The molecule has 2 fully saturated rings. The van der Waals surface area contributed by atoms with Gasteiger partial charge in [-0.3, -0.25) is 9.78 Å². The topological polar surface area (TPSA) is 96.9 Å². The largest absolute Gasteiger partial charge is 0.489 e. The summed E-state index contributed by atoms with van der Waals surface area (Å²) in [6, 6.07) is 8.13. The number of pyridine rings is 1. The number of anilines is 1. The zero-order valence-corrected chi connectivity index (χ0v) is 22.5. The molecule has 2 aromatic heterocycles. The molecular weight excluding hydrogens is 490 g/mol. The first-order valence-corrected chi connectivity index (χ1v) is 13.5. The van der Waals surface area contributed by atoms with E-state index in [4.69, 9.17) is 14.5 Å². The SMILES string of the molecule is C[C@H](Oc1cc(-c2ccc(N3CCN(C(=O)OC(C)(C)C)CC3)cn2)cc2ncsc12)[C@@H]1CNC(=O)C1. The van der Waals surface area contributed by atoms with Gasteiger partial charge in [0.05, 0.1) is 33.3 Å². The van der Waals surface area contributed by atoms with Crippen molar-refractivity contribution in [3.05, 3.63) is 36.0 Å². The van der Waals surface area contributed by atoms with Crippen molar-refractivity contribution in [1.29, 1.82) is 0 Å². The molecular formula is C27H33N5O4S. The second-order valence-electron chi connectivity index (χ2n) is 10.6. The number of carbonyl (C=O) groups excluding carboxylic acids is 2. The predicted molar refractivity (Wildman–Crippen MR) is 144 cm³/mol. The maximum absolute atomic E-state index is 12.4. The highest BCUT2D eigenvalue weighted by molar-refractivity contribution is 7.17. The van der Waals surface area contributed by atoms with Crippen molar-refractivity contribution in [3.63, 3.8) is 0 Å². The molecule has 0 unspecified atom stereocenters. The van der Waals surface area contributed by atoms with Crippen molar-refractivity contribution in [2.45, 2.75) is 45.8 Å². The summed E-state index contributed by atoms with van der Waals surface area (Å²) in [6.07, 6.45) is 2.00. The Bertz CT molecular complexity index is 1280. The van der Waals surface area contributed by atoms with Crippen molar-refractivity contribution in [2.75, 3.05) is 37.6 Å². The second-order valence-corrected chi connectivity index (χ2v) is 11.5. The molecule has 3 aromatic rings. The van der Waals surface area contributed by atoms with E-state index in [1.54, 1.807) is 16.2 Å². The zero-order chi connectivity index (χ0) is 26.2. The van der Waals surface area contributed by atoms with Crippen molar-refractivity contribution in [2.24, 2.45) is 5.92 Å². The van der Waals surface area contributed by atoms with Crippen LogP contribution in [0.4, 0.5) is 10.5 Å². The fraction of sp³-hybridized carbons (Fsp3) is 0.481. The van der Waals surface area contributed by atoms with Crippen molar-refractivity contribution in [3.8, 4) is 17.0 Å². The van der Waals surface area contributed by atoms with Gasteiger partial charge in [0.15, 0.2) is 0 Å². The summed E-state index contributed by atoms with van der Waals surface area (Å²) in [5.41, 5.74) is 4.98. The van der Waals surface area contributed by atoms with Crippen LogP contribution in [-0.2, 0) is 9.53 Å². The lowest BCUT2D eigenvalue weighted by Gasteiger charge is -2.36. The van der Waals surface area contributed by atoms with Crippen LogP contribution < -0.4 is 15.0 Å². The van der Waals surface area contributed by atoms with E-state index in [-0.39, 0.29) is 24.0 Å². The summed E-state index contributed by atoms with van der Waals surface area (Å²) in [7, 11) is 0. The molecule has 0 bridgehead atoms. The number of ether oxygens (including phenoxy) is 2. The van der Waals surface area contributed by atoms with Crippen LogP contribution in [0.3, 0.4) is 0 Å². The van der Waals surface area contributed by atoms with E-state index in [1.165, 1.54) is 0 Å². The van der Waals surface area contributed by atoms with Gasteiger partial charge in [-0.2, -0.15) is 0 Å². The van der Waals surface area contributed by atoms with Crippen LogP contribution in [0.15, 0.2) is 36.0 Å². The van der Waals surface area contributed by atoms with Crippen LogP contribution in [0.2, 0.25) is 0 Å². The van der Waals surface area contributed by atoms with Crippen LogP contribution >= 0.6 is 11.3 Å². The van der Waals surface area contributed by atoms with E-state index in [0.717, 1.165) is 46.0 Å². The Kier molecular flexibility index (Phi) is 6.94. The minimum Gasteiger partial charge on any atom is -0.489 e. The highest BCUT2D eigenvalue weighted by atomic mass is 32.1. The first kappa shape index (κ1) is 25.3. The van der Waals surface area contributed by atoms with Gasteiger partial charge in [0.1, 0.15) is 17.5 Å². The summed E-state index contributed by atoms with van der Waals surface area (Å²) >= 11 is 1.55. The quantitative estimate of drug-likeness (QED) is 0.532. The monoisotopic (exact) mass is 523 g/mol. The van der Waals surface area contributed by atoms with Crippen molar-refractivity contribution in [1.82, 2.24) is 20.2 Å². The number of benzene rings is 1. The normalized spacial score (nSPS) is 19.1. The van der Waals surface area contributed by atoms with Gasteiger partial charge in [0.2, 0.25) is 5.91 Å². The van der Waals surface area contributed by atoms with Crippen molar-refractivity contribution < 1.29 is 19.1 Å². The molecule has 2 aliphatic heterocycles. The van der Waals surface area contributed by atoms with Gasteiger partial charge in [0.25, 0.3) is 0 Å². The highest BCUT2D eigenvalue weighted by Crippen LogP contribution is 2.36. The minimum absolute atomic E-state index is 0.0766. The van der Waals surface area contributed by atoms with Gasteiger partial charge in [-0.1, -0.05) is 0 Å². The Morgan fingerprint density at radius 2 is 1.95 bits per heavy atom. The van der Waals surface area contributed by atoms with Crippen LogP contribution in [0.1, 0.15) is 34.1 Å². The molecule has 0 radical (unpaired) electrons. The predicted octanol–water partition coefficient (Wildman–Crippen LogP) is 4.32. The molecule has 0 saturated carbocycles. The number of piperazine rings is 1. The molecule has 9 nitrogen and oxygen atoms in total. The molecule has 2 atom stereocenters. The Hall–Kier alpha value is -3.40. The Morgan fingerprint density at radius 3 is 2.59 bits per heavy atom. The number of aromatic nitrogens is 2. The minimum atomic E-state index is -0.495. The fourth-order valence-corrected chi connectivity index (χ4v) is 5.37. The van der Waals surface area contributed by atoms with E-state index < -0.39 is 5.60 Å². The lowest BCUT2D eigenvalue weighted by Crippen LogP contribution is -2.50. The Labute approximate surface area is 220 Å². The van der Waals surface area contributed by atoms with Gasteiger partial charge in [-0.15, -0.1) is 11.3 Å². The number of amides is 2. The van der Waals surface area contributed by atoms with Gasteiger partial charge >= 0.3 is 6.09 Å². The average molecular weight is 524 g/mol. The van der Waals surface area contributed by atoms with E-state index in [2.05, 4.69) is 21.3 Å². The highest BCUT2D eigenvalue weighted by Gasteiger charge is 2.29. The summed E-state index contributed by atoms with van der Waals surface area (Å²) in [5, 5.41) is 2.89. The number of thiazole rings is 1. The Balaban J connectivity index is 1.28. The summed E-state index contributed by atoms with van der Waals surface area (Å²) in [5.74, 6) is 0.992. The molecule has 2 saturated heterocycles. The molecule has 37 heavy (non-hydrogen) atoms. The van der Waals surface area contributed by atoms with E-state index in [1.807, 2.05) is 57.6 Å². The molecule has 4 heterocycles. The fourth-order valence-electron chi connectivity index (χ4n) is 4.65. The molecule has 0 spiro atoms. The molecule has 10 heteroatoms. The van der Waals surface area contributed by atoms with Gasteiger partial charge < -0.3 is 24.6 Å². The van der Waals surface area contributed by atoms with Crippen LogP contribution in [-0.4, -0.2) is 71.3 Å². The molecule has 196 valence electrons. The van der Waals surface area contributed by atoms with E-state index in [0.29, 0.717) is 26.1 Å². The zero-order valence-electron chi connectivity index (χ0n) is 21.7. The first-order chi connectivity index (χ1) is 17.7. The average Bonchev–Trinajstić information content (AvgIpc) is 3.52. The van der Waals surface area contributed by atoms with Crippen LogP contribution in [0.5, 0.6) is 5.75 Å². The number of carbonyl (C=O) groups is 2.